The van der Waals surface area contributed by atoms with Crippen LogP contribution < -0.4 is 0 Å². The zero-order valence-corrected chi connectivity index (χ0v) is 17.2. The SMILES string of the molecule is COCC(=O)N(CC(=O)N1CCc2sccc2[C@H]1c1ccc(F)cc1)C(C)C. The van der Waals surface area contributed by atoms with Gasteiger partial charge in [0, 0.05) is 24.6 Å². The summed E-state index contributed by atoms with van der Waals surface area (Å²) < 4.78 is 18.4. The van der Waals surface area contributed by atoms with E-state index < -0.39 is 0 Å². The third kappa shape index (κ3) is 4.25. The molecule has 1 aliphatic rings. The molecule has 28 heavy (non-hydrogen) atoms. The average Bonchev–Trinajstić information content (AvgIpc) is 3.14. The molecule has 5 nitrogen and oxygen atoms in total. The molecule has 1 aliphatic heterocycles. The molecule has 1 atom stereocenters. The van der Waals surface area contributed by atoms with E-state index in [1.807, 2.05) is 25.3 Å². The van der Waals surface area contributed by atoms with E-state index in [0.717, 1.165) is 17.5 Å². The molecule has 0 N–H and O–H groups in total. The first-order chi connectivity index (χ1) is 13.4. The van der Waals surface area contributed by atoms with E-state index >= 15 is 0 Å². The molecule has 2 heterocycles. The number of hydrogen-bond donors (Lipinski definition) is 0. The van der Waals surface area contributed by atoms with Gasteiger partial charge in [-0.1, -0.05) is 12.1 Å². The maximum atomic E-state index is 13.4. The van der Waals surface area contributed by atoms with Crippen molar-refractivity contribution in [3.8, 4) is 0 Å². The predicted molar refractivity (Wildman–Crippen MR) is 107 cm³/mol. The van der Waals surface area contributed by atoms with Crippen molar-refractivity contribution in [1.29, 1.82) is 0 Å². The second-order valence-electron chi connectivity index (χ2n) is 7.14. The van der Waals surface area contributed by atoms with Crippen molar-refractivity contribution >= 4 is 23.2 Å². The van der Waals surface area contributed by atoms with E-state index in [1.54, 1.807) is 28.4 Å². The zero-order valence-electron chi connectivity index (χ0n) is 16.4. The minimum absolute atomic E-state index is 0.00295. The number of benzene rings is 1. The minimum Gasteiger partial charge on any atom is -0.375 e. The number of fused-ring (bicyclic) bond motifs is 1. The molecular formula is C21H25FN2O3S. The molecule has 0 fully saturated rings. The summed E-state index contributed by atoms with van der Waals surface area (Å²) in [7, 11) is 1.46. The van der Waals surface area contributed by atoms with Gasteiger partial charge in [0.15, 0.2) is 0 Å². The van der Waals surface area contributed by atoms with E-state index in [-0.39, 0.29) is 42.9 Å². The zero-order chi connectivity index (χ0) is 20.3. The van der Waals surface area contributed by atoms with Gasteiger partial charge in [-0.05, 0) is 55.0 Å². The van der Waals surface area contributed by atoms with Gasteiger partial charge in [0.1, 0.15) is 19.0 Å². The number of hydrogen-bond acceptors (Lipinski definition) is 4. The van der Waals surface area contributed by atoms with Gasteiger partial charge in [-0.3, -0.25) is 9.59 Å². The quantitative estimate of drug-likeness (QED) is 0.743. The lowest BCUT2D eigenvalue weighted by molar-refractivity contribution is -0.145. The summed E-state index contributed by atoms with van der Waals surface area (Å²) in [5.41, 5.74) is 1.95. The van der Waals surface area contributed by atoms with Gasteiger partial charge in [-0.25, -0.2) is 4.39 Å². The molecule has 0 aliphatic carbocycles. The Bertz CT molecular complexity index is 834. The fraction of sp³-hybridized carbons (Fsp3) is 0.429. The molecule has 0 unspecified atom stereocenters. The van der Waals surface area contributed by atoms with Crippen LogP contribution in [0.25, 0.3) is 0 Å². The van der Waals surface area contributed by atoms with E-state index in [4.69, 9.17) is 4.74 Å². The molecule has 3 rings (SSSR count). The first-order valence-corrected chi connectivity index (χ1v) is 10.2. The van der Waals surface area contributed by atoms with E-state index in [0.29, 0.717) is 6.54 Å². The van der Waals surface area contributed by atoms with Crippen molar-refractivity contribution in [3.63, 3.8) is 0 Å². The predicted octanol–water partition coefficient (Wildman–Crippen LogP) is 3.24. The molecule has 0 bridgehead atoms. The summed E-state index contributed by atoms with van der Waals surface area (Å²) in [6, 6.07) is 7.94. The second-order valence-corrected chi connectivity index (χ2v) is 8.14. The highest BCUT2D eigenvalue weighted by Crippen LogP contribution is 2.37. The highest BCUT2D eigenvalue weighted by molar-refractivity contribution is 7.10. The fourth-order valence-electron chi connectivity index (χ4n) is 3.59. The van der Waals surface area contributed by atoms with Crippen molar-refractivity contribution in [1.82, 2.24) is 9.80 Å². The molecule has 2 aromatic rings. The Morgan fingerprint density at radius 3 is 2.64 bits per heavy atom. The monoisotopic (exact) mass is 404 g/mol. The highest BCUT2D eigenvalue weighted by Gasteiger charge is 2.34. The van der Waals surface area contributed by atoms with Gasteiger partial charge in [0.25, 0.3) is 0 Å². The van der Waals surface area contributed by atoms with Crippen LogP contribution in [0.2, 0.25) is 0 Å². The lowest BCUT2D eigenvalue weighted by Crippen LogP contribution is -2.49. The number of methoxy groups -OCH3 is 1. The summed E-state index contributed by atoms with van der Waals surface area (Å²) in [5.74, 6) is -0.638. The van der Waals surface area contributed by atoms with Crippen LogP contribution in [0.15, 0.2) is 35.7 Å². The van der Waals surface area contributed by atoms with Crippen LogP contribution >= 0.6 is 11.3 Å². The molecule has 2 amide bonds. The van der Waals surface area contributed by atoms with E-state index in [2.05, 4.69) is 0 Å². The summed E-state index contributed by atoms with van der Waals surface area (Å²) >= 11 is 1.68. The average molecular weight is 405 g/mol. The van der Waals surface area contributed by atoms with Crippen LogP contribution in [0.1, 0.15) is 35.9 Å². The number of thiophene rings is 1. The van der Waals surface area contributed by atoms with E-state index in [9.17, 15) is 14.0 Å². The van der Waals surface area contributed by atoms with Gasteiger partial charge in [0.05, 0.1) is 6.04 Å². The Hall–Kier alpha value is -2.25. The van der Waals surface area contributed by atoms with Crippen LogP contribution in [-0.2, 0) is 20.7 Å². The number of carbonyl (C=O) groups is 2. The Labute approximate surface area is 168 Å². The molecule has 0 saturated carbocycles. The Kier molecular flexibility index (Phi) is 6.46. The second kappa shape index (κ2) is 8.84. The van der Waals surface area contributed by atoms with Gasteiger partial charge >= 0.3 is 0 Å². The smallest absolute Gasteiger partial charge is 0.249 e. The molecule has 7 heteroatoms. The minimum atomic E-state index is -0.306. The largest absolute Gasteiger partial charge is 0.375 e. The summed E-state index contributed by atoms with van der Waals surface area (Å²) in [5, 5.41) is 2.03. The first kappa shape index (κ1) is 20.5. The summed E-state index contributed by atoms with van der Waals surface area (Å²) in [6.45, 7) is 4.27. The fourth-order valence-corrected chi connectivity index (χ4v) is 4.50. The Morgan fingerprint density at radius 2 is 2.00 bits per heavy atom. The lowest BCUT2D eigenvalue weighted by atomic mass is 9.93. The van der Waals surface area contributed by atoms with Gasteiger partial charge < -0.3 is 14.5 Å². The number of nitrogens with zero attached hydrogens (tertiary/aromatic N) is 2. The summed E-state index contributed by atoms with van der Waals surface area (Å²) in [4.78, 5) is 30.2. The molecule has 1 aromatic carbocycles. The standard InChI is InChI=1S/C21H25FN2O3S/c1-14(2)24(20(26)13-27-3)12-19(25)23-10-8-18-17(9-11-28-18)21(23)15-4-6-16(22)7-5-15/h4-7,9,11,14,21H,8,10,12-13H2,1-3H3/t21-/m1/s1. The molecule has 1 aromatic heterocycles. The first-order valence-electron chi connectivity index (χ1n) is 9.32. The van der Waals surface area contributed by atoms with Crippen molar-refractivity contribution < 1.29 is 18.7 Å². The maximum Gasteiger partial charge on any atom is 0.249 e. The van der Waals surface area contributed by atoms with E-state index in [1.165, 1.54) is 29.0 Å². The number of rotatable bonds is 6. The van der Waals surface area contributed by atoms with Gasteiger partial charge in [0.2, 0.25) is 11.8 Å². The molecule has 0 radical (unpaired) electrons. The number of ether oxygens (including phenoxy) is 1. The van der Waals surface area contributed by atoms with Crippen LogP contribution in [0.3, 0.4) is 0 Å². The Balaban J connectivity index is 1.89. The highest BCUT2D eigenvalue weighted by atomic mass is 32.1. The van der Waals surface area contributed by atoms with Crippen LogP contribution in [0, 0.1) is 5.82 Å². The van der Waals surface area contributed by atoms with Gasteiger partial charge in [-0.2, -0.15) is 0 Å². The van der Waals surface area contributed by atoms with Crippen molar-refractivity contribution in [2.24, 2.45) is 0 Å². The molecule has 150 valence electrons. The van der Waals surface area contributed by atoms with Gasteiger partial charge in [-0.15, -0.1) is 11.3 Å². The van der Waals surface area contributed by atoms with Crippen LogP contribution in [0.5, 0.6) is 0 Å². The molecular weight excluding hydrogens is 379 g/mol. The normalized spacial score (nSPS) is 16.2. The van der Waals surface area contributed by atoms with Crippen LogP contribution in [0.4, 0.5) is 4.39 Å². The van der Waals surface area contributed by atoms with Crippen molar-refractivity contribution in [2.45, 2.75) is 32.4 Å². The summed E-state index contributed by atoms with van der Waals surface area (Å²) in [6.07, 6.45) is 0.782. The van der Waals surface area contributed by atoms with Crippen molar-refractivity contribution in [2.75, 3.05) is 26.8 Å². The van der Waals surface area contributed by atoms with Crippen LogP contribution in [-0.4, -0.2) is 54.5 Å². The molecule has 0 saturated heterocycles. The topological polar surface area (TPSA) is 49.9 Å². The Morgan fingerprint density at radius 1 is 1.29 bits per heavy atom. The number of halogens is 1. The van der Waals surface area contributed by atoms with Crippen molar-refractivity contribution in [3.05, 3.63) is 57.5 Å². The molecule has 0 spiro atoms. The maximum absolute atomic E-state index is 13.4. The third-order valence-corrected chi connectivity index (χ3v) is 5.99. The third-order valence-electron chi connectivity index (χ3n) is 4.99. The number of carbonyl (C=O) groups excluding carboxylic acids is 2. The lowest BCUT2D eigenvalue weighted by Gasteiger charge is -2.38. The number of amides is 2.